The molecule has 27 heavy (non-hydrogen) atoms. The van der Waals surface area contributed by atoms with E-state index >= 15 is 0 Å². The summed E-state index contributed by atoms with van der Waals surface area (Å²) in [5.74, 6) is -1.61. The molecule has 1 heterocycles. The van der Waals surface area contributed by atoms with Crippen LogP contribution >= 0.6 is 0 Å². The van der Waals surface area contributed by atoms with E-state index in [1.165, 1.54) is 19.2 Å². The summed E-state index contributed by atoms with van der Waals surface area (Å²) in [5.41, 5.74) is 0.490. The van der Waals surface area contributed by atoms with E-state index in [1.807, 2.05) is 0 Å². The number of nitro groups is 1. The summed E-state index contributed by atoms with van der Waals surface area (Å²) in [6.45, 7) is 0.172. The van der Waals surface area contributed by atoms with Gasteiger partial charge in [0.05, 0.1) is 29.8 Å². The second kappa shape index (κ2) is 9.25. The lowest BCUT2D eigenvalue weighted by Crippen LogP contribution is -2.39. The summed E-state index contributed by atoms with van der Waals surface area (Å²) in [6.07, 6.45) is 1.20. The Labute approximate surface area is 154 Å². The van der Waals surface area contributed by atoms with Gasteiger partial charge in [-0.05, 0) is 18.2 Å². The lowest BCUT2D eigenvalue weighted by Gasteiger charge is -2.15. The summed E-state index contributed by atoms with van der Waals surface area (Å²) in [5, 5.41) is 25.4. The van der Waals surface area contributed by atoms with Crippen molar-refractivity contribution in [3.8, 4) is 5.75 Å². The fraction of sp³-hybridized carbons (Fsp3) is 0.235. The van der Waals surface area contributed by atoms with Gasteiger partial charge in [-0.15, -0.1) is 0 Å². The van der Waals surface area contributed by atoms with Crippen LogP contribution in [0.25, 0.3) is 0 Å². The highest BCUT2D eigenvalue weighted by molar-refractivity contribution is 5.95. The Morgan fingerprint density at radius 1 is 1.33 bits per heavy atom. The monoisotopic (exact) mass is 374 g/mol. The Morgan fingerprint density at radius 2 is 2.11 bits per heavy atom. The van der Waals surface area contributed by atoms with Crippen LogP contribution in [0.15, 0.2) is 42.6 Å². The number of methoxy groups -OCH3 is 1. The van der Waals surface area contributed by atoms with Gasteiger partial charge in [0.25, 0.3) is 5.69 Å². The van der Waals surface area contributed by atoms with E-state index in [-0.39, 0.29) is 30.1 Å². The molecule has 2 rings (SSSR count). The minimum absolute atomic E-state index is 0.0885. The first-order chi connectivity index (χ1) is 12.9. The Balaban J connectivity index is 2.04. The van der Waals surface area contributed by atoms with Crippen molar-refractivity contribution in [1.82, 2.24) is 10.3 Å². The predicted molar refractivity (Wildman–Crippen MR) is 95.4 cm³/mol. The SMILES string of the molecule is COc1ccc([N+](=O)[O-])cc1NC(=O)CC(NCc1ccccn1)C(=O)O. The average Bonchev–Trinajstić information content (AvgIpc) is 2.65. The van der Waals surface area contributed by atoms with E-state index in [1.54, 1.807) is 24.4 Å². The van der Waals surface area contributed by atoms with Crippen molar-refractivity contribution < 1.29 is 24.4 Å². The molecule has 2 aromatic rings. The number of ether oxygens (including phenoxy) is 1. The highest BCUT2D eigenvalue weighted by atomic mass is 16.6. The molecule has 1 aromatic heterocycles. The molecule has 10 heteroatoms. The van der Waals surface area contributed by atoms with Gasteiger partial charge in [-0.2, -0.15) is 0 Å². The lowest BCUT2D eigenvalue weighted by atomic mass is 10.1. The smallest absolute Gasteiger partial charge is 0.321 e. The van der Waals surface area contributed by atoms with Gasteiger partial charge in [-0.3, -0.25) is 30.0 Å². The van der Waals surface area contributed by atoms with Crippen LogP contribution in [0.5, 0.6) is 5.75 Å². The van der Waals surface area contributed by atoms with Crippen LogP contribution in [-0.2, 0) is 16.1 Å². The minimum atomic E-state index is -1.20. The number of carbonyl (C=O) groups is 2. The van der Waals surface area contributed by atoms with Crippen LogP contribution < -0.4 is 15.4 Å². The zero-order valence-electron chi connectivity index (χ0n) is 14.4. The Hall–Kier alpha value is -3.53. The topological polar surface area (TPSA) is 144 Å². The van der Waals surface area contributed by atoms with Gasteiger partial charge in [0, 0.05) is 24.9 Å². The molecule has 0 aliphatic rings. The Kier molecular flexibility index (Phi) is 6.78. The van der Waals surface area contributed by atoms with Crippen molar-refractivity contribution >= 4 is 23.3 Å². The number of nitrogens with one attached hydrogen (secondary N) is 2. The number of hydrogen-bond donors (Lipinski definition) is 3. The number of non-ortho nitro benzene ring substituents is 1. The Bertz CT molecular complexity index is 827. The molecule has 0 fully saturated rings. The number of carboxylic acid groups (broad SMARTS) is 1. The Morgan fingerprint density at radius 3 is 2.70 bits per heavy atom. The molecule has 1 atom stereocenters. The third kappa shape index (κ3) is 5.75. The van der Waals surface area contributed by atoms with Crippen LogP contribution in [0.1, 0.15) is 12.1 Å². The largest absolute Gasteiger partial charge is 0.495 e. The van der Waals surface area contributed by atoms with Crippen LogP contribution in [0.4, 0.5) is 11.4 Å². The number of amides is 1. The highest BCUT2D eigenvalue weighted by Gasteiger charge is 2.22. The minimum Gasteiger partial charge on any atom is -0.495 e. The van der Waals surface area contributed by atoms with Crippen molar-refractivity contribution in [1.29, 1.82) is 0 Å². The first kappa shape index (κ1) is 19.8. The summed E-state index contributed by atoms with van der Waals surface area (Å²) in [4.78, 5) is 38.0. The number of hydrogen-bond acceptors (Lipinski definition) is 7. The van der Waals surface area contributed by atoms with Gasteiger partial charge >= 0.3 is 5.97 Å². The molecule has 1 unspecified atom stereocenters. The van der Waals surface area contributed by atoms with Crippen LogP contribution in [-0.4, -0.2) is 40.0 Å². The van der Waals surface area contributed by atoms with E-state index in [4.69, 9.17) is 4.74 Å². The summed E-state index contributed by atoms with van der Waals surface area (Å²) < 4.78 is 5.06. The molecule has 10 nitrogen and oxygen atoms in total. The van der Waals surface area contributed by atoms with Gasteiger partial charge in [-0.1, -0.05) is 6.07 Å². The van der Waals surface area contributed by atoms with Gasteiger partial charge in [0.15, 0.2) is 0 Å². The molecule has 0 aliphatic carbocycles. The number of nitro benzene ring substituents is 1. The number of aromatic nitrogens is 1. The molecule has 0 saturated heterocycles. The first-order valence-electron chi connectivity index (χ1n) is 7.89. The van der Waals surface area contributed by atoms with Crippen LogP contribution in [0, 0.1) is 10.1 Å². The fourth-order valence-corrected chi connectivity index (χ4v) is 2.27. The summed E-state index contributed by atoms with van der Waals surface area (Å²) in [6, 6.07) is 7.80. The van der Waals surface area contributed by atoms with Gasteiger partial charge in [0.1, 0.15) is 11.8 Å². The van der Waals surface area contributed by atoms with E-state index < -0.39 is 22.8 Å². The number of pyridine rings is 1. The number of rotatable bonds is 9. The summed E-state index contributed by atoms with van der Waals surface area (Å²) >= 11 is 0. The maximum Gasteiger partial charge on any atom is 0.321 e. The quantitative estimate of drug-likeness (QED) is 0.443. The van der Waals surface area contributed by atoms with Crippen molar-refractivity contribution in [3.63, 3.8) is 0 Å². The number of anilines is 1. The van der Waals surface area contributed by atoms with Gasteiger partial charge in [-0.25, -0.2) is 0 Å². The van der Waals surface area contributed by atoms with E-state index in [0.717, 1.165) is 6.07 Å². The third-order valence-electron chi connectivity index (χ3n) is 3.61. The molecule has 1 aromatic carbocycles. The number of aliphatic carboxylic acids is 1. The zero-order chi connectivity index (χ0) is 19.8. The molecule has 0 spiro atoms. The molecule has 3 N–H and O–H groups in total. The second-order valence-corrected chi connectivity index (χ2v) is 5.49. The highest BCUT2D eigenvalue weighted by Crippen LogP contribution is 2.29. The fourth-order valence-electron chi connectivity index (χ4n) is 2.27. The second-order valence-electron chi connectivity index (χ2n) is 5.49. The number of carbonyl (C=O) groups excluding carboxylic acids is 1. The lowest BCUT2D eigenvalue weighted by molar-refractivity contribution is -0.384. The molecule has 0 aliphatic heterocycles. The van der Waals surface area contributed by atoms with E-state index in [0.29, 0.717) is 5.69 Å². The number of carboxylic acids is 1. The van der Waals surface area contributed by atoms with Crippen LogP contribution in [0.3, 0.4) is 0 Å². The normalized spacial score (nSPS) is 11.4. The predicted octanol–water partition coefficient (Wildman–Crippen LogP) is 1.57. The third-order valence-corrected chi connectivity index (χ3v) is 3.61. The van der Waals surface area contributed by atoms with Crippen molar-refractivity contribution in [2.24, 2.45) is 0 Å². The van der Waals surface area contributed by atoms with Gasteiger partial charge < -0.3 is 15.2 Å². The number of benzene rings is 1. The van der Waals surface area contributed by atoms with Crippen molar-refractivity contribution in [2.75, 3.05) is 12.4 Å². The molecule has 142 valence electrons. The van der Waals surface area contributed by atoms with E-state index in [9.17, 15) is 24.8 Å². The standard InChI is InChI=1S/C17H18N4O6/c1-27-15-6-5-12(21(25)26)8-13(15)20-16(22)9-14(17(23)24)19-10-11-4-2-3-7-18-11/h2-8,14,19H,9-10H2,1H3,(H,20,22)(H,23,24). The maximum atomic E-state index is 12.2. The first-order valence-corrected chi connectivity index (χ1v) is 7.89. The van der Waals surface area contributed by atoms with Crippen molar-refractivity contribution in [2.45, 2.75) is 19.0 Å². The summed E-state index contributed by atoms with van der Waals surface area (Å²) in [7, 11) is 1.35. The molecular formula is C17H18N4O6. The number of nitrogens with zero attached hydrogens (tertiary/aromatic N) is 2. The van der Waals surface area contributed by atoms with Crippen LogP contribution in [0.2, 0.25) is 0 Å². The zero-order valence-corrected chi connectivity index (χ0v) is 14.4. The molecule has 0 radical (unpaired) electrons. The molecule has 0 bridgehead atoms. The maximum absolute atomic E-state index is 12.2. The average molecular weight is 374 g/mol. The van der Waals surface area contributed by atoms with Gasteiger partial charge in [0.2, 0.25) is 5.91 Å². The van der Waals surface area contributed by atoms with Crippen molar-refractivity contribution in [3.05, 3.63) is 58.4 Å². The molecule has 1 amide bonds. The molecular weight excluding hydrogens is 356 g/mol. The molecule has 0 saturated carbocycles. The van der Waals surface area contributed by atoms with E-state index in [2.05, 4.69) is 15.6 Å².